The van der Waals surface area contributed by atoms with Gasteiger partial charge in [0.2, 0.25) is 0 Å². The standard InChI is InChI=1S/C14H15ClN2O2/c1-9-4-5-11(12(6-9)18-3)19-8-14-16-10(2)7-13(15)17-14/h4-7H,8H2,1-3H3. The van der Waals surface area contributed by atoms with Crippen molar-refractivity contribution in [2.24, 2.45) is 0 Å². The molecule has 0 aliphatic heterocycles. The van der Waals surface area contributed by atoms with Crippen LogP contribution in [0, 0.1) is 13.8 Å². The van der Waals surface area contributed by atoms with Gasteiger partial charge in [0.05, 0.1) is 7.11 Å². The molecular formula is C14H15ClN2O2. The number of methoxy groups -OCH3 is 1. The van der Waals surface area contributed by atoms with Crippen LogP contribution < -0.4 is 9.47 Å². The normalized spacial score (nSPS) is 10.3. The zero-order valence-corrected chi connectivity index (χ0v) is 11.9. The van der Waals surface area contributed by atoms with Crippen LogP contribution in [0.3, 0.4) is 0 Å². The lowest BCUT2D eigenvalue weighted by molar-refractivity contribution is 0.276. The molecule has 100 valence electrons. The predicted molar refractivity (Wildman–Crippen MR) is 73.8 cm³/mol. The first-order chi connectivity index (χ1) is 9.08. The Balaban J connectivity index is 2.14. The van der Waals surface area contributed by atoms with Crippen molar-refractivity contribution in [1.29, 1.82) is 0 Å². The second-order valence-electron chi connectivity index (χ2n) is 4.19. The van der Waals surface area contributed by atoms with Crippen LogP contribution in [-0.4, -0.2) is 17.1 Å². The maximum absolute atomic E-state index is 5.88. The molecule has 0 N–H and O–H groups in total. The largest absolute Gasteiger partial charge is 0.493 e. The van der Waals surface area contributed by atoms with Crippen molar-refractivity contribution in [3.8, 4) is 11.5 Å². The van der Waals surface area contributed by atoms with E-state index in [0.717, 1.165) is 11.3 Å². The van der Waals surface area contributed by atoms with Crippen LogP contribution in [0.4, 0.5) is 0 Å². The molecular weight excluding hydrogens is 264 g/mol. The van der Waals surface area contributed by atoms with Crippen molar-refractivity contribution in [3.05, 3.63) is 46.5 Å². The predicted octanol–water partition coefficient (Wildman–Crippen LogP) is 3.33. The van der Waals surface area contributed by atoms with Gasteiger partial charge in [0, 0.05) is 5.69 Å². The maximum atomic E-state index is 5.88. The summed E-state index contributed by atoms with van der Waals surface area (Å²) in [6.45, 7) is 4.11. The summed E-state index contributed by atoms with van der Waals surface area (Å²) in [5, 5.41) is 0.418. The van der Waals surface area contributed by atoms with Crippen molar-refractivity contribution in [2.75, 3.05) is 7.11 Å². The number of hydrogen-bond acceptors (Lipinski definition) is 4. The summed E-state index contributed by atoms with van der Waals surface area (Å²) in [7, 11) is 1.61. The van der Waals surface area contributed by atoms with E-state index in [9.17, 15) is 0 Å². The first-order valence-corrected chi connectivity index (χ1v) is 6.24. The van der Waals surface area contributed by atoms with Gasteiger partial charge in [0.1, 0.15) is 11.8 Å². The SMILES string of the molecule is COc1cc(C)ccc1OCc1nc(C)cc(Cl)n1. The number of halogens is 1. The minimum atomic E-state index is 0.251. The van der Waals surface area contributed by atoms with E-state index in [1.807, 2.05) is 32.0 Å². The van der Waals surface area contributed by atoms with Gasteiger partial charge in [-0.15, -0.1) is 0 Å². The molecule has 19 heavy (non-hydrogen) atoms. The molecule has 0 spiro atoms. The van der Waals surface area contributed by atoms with Crippen LogP contribution in [0.25, 0.3) is 0 Å². The van der Waals surface area contributed by atoms with Gasteiger partial charge >= 0.3 is 0 Å². The third-order valence-electron chi connectivity index (χ3n) is 2.55. The van der Waals surface area contributed by atoms with E-state index in [2.05, 4.69) is 9.97 Å². The Bertz CT molecular complexity index is 567. The van der Waals surface area contributed by atoms with Crippen LogP contribution in [0.1, 0.15) is 17.1 Å². The molecule has 0 saturated heterocycles. The van der Waals surface area contributed by atoms with E-state index >= 15 is 0 Å². The summed E-state index contributed by atoms with van der Waals surface area (Å²) in [5.74, 6) is 1.90. The Morgan fingerprint density at radius 2 is 1.89 bits per heavy atom. The molecule has 0 fully saturated rings. The van der Waals surface area contributed by atoms with E-state index in [1.54, 1.807) is 13.2 Å². The number of benzene rings is 1. The van der Waals surface area contributed by atoms with Crippen LogP contribution >= 0.6 is 11.6 Å². The Kier molecular flexibility index (Phi) is 4.22. The molecule has 0 radical (unpaired) electrons. The lowest BCUT2D eigenvalue weighted by Crippen LogP contribution is -2.03. The van der Waals surface area contributed by atoms with E-state index < -0.39 is 0 Å². The molecule has 2 aromatic rings. The van der Waals surface area contributed by atoms with Crippen LogP contribution in [0.5, 0.6) is 11.5 Å². The molecule has 0 unspecified atom stereocenters. The van der Waals surface area contributed by atoms with Crippen molar-refractivity contribution >= 4 is 11.6 Å². The quantitative estimate of drug-likeness (QED) is 0.805. The molecule has 0 bridgehead atoms. The molecule has 0 amide bonds. The summed E-state index contributed by atoms with van der Waals surface area (Å²) in [4.78, 5) is 8.37. The number of rotatable bonds is 4. The molecule has 4 nitrogen and oxygen atoms in total. The number of nitrogens with zero attached hydrogens (tertiary/aromatic N) is 2. The molecule has 0 atom stereocenters. The first kappa shape index (κ1) is 13.6. The third kappa shape index (κ3) is 3.58. The lowest BCUT2D eigenvalue weighted by atomic mass is 10.2. The monoisotopic (exact) mass is 278 g/mol. The van der Waals surface area contributed by atoms with Crippen molar-refractivity contribution in [2.45, 2.75) is 20.5 Å². The summed E-state index contributed by atoms with van der Waals surface area (Å²) >= 11 is 5.88. The number of hydrogen-bond donors (Lipinski definition) is 0. The zero-order chi connectivity index (χ0) is 13.8. The molecule has 1 aromatic carbocycles. The van der Waals surface area contributed by atoms with E-state index in [1.165, 1.54) is 0 Å². The van der Waals surface area contributed by atoms with Crippen LogP contribution in [0.15, 0.2) is 24.3 Å². The smallest absolute Gasteiger partial charge is 0.167 e. The number of ether oxygens (including phenoxy) is 2. The topological polar surface area (TPSA) is 44.2 Å². The molecule has 1 heterocycles. The van der Waals surface area contributed by atoms with Gasteiger partial charge in [0.25, 0.3) is 0 Å². The van der Waals surface area contributed by atoms with Crippen molar-refractivity contribution < 1.29 is 9.47 Å². The van der Waals surface area contributed by atoms with Crippen molar-refractivity contribution in [1.82, 2.24) is 9.97 Å². The van der Waals surface area contributed by atoms with E-state index in [0.29, 0.717) is 22.5 Å². The fourth-order valence-corrected chi connectivity index (χ4v) is 1.95. The van der Waals surface area contributed by atoms with Crippen LogP contribution in [-0.2, 0) is 6.61 Å². The Labute approximate surface area is 117 Å². The second kappa shape index (κ2) is 5.89. The zero-order valence-electron chi connectivity index (χ0n) is 11.1. The Morgan fingerprint density at radius 3 is 2.58 bits per heavy atom. The maximum Gasteiger partial charge on any atom is 0.167 e. The number of aromatic nitrogens is 2. The van der Waals surface area contributed by atoms with Crippen LogP contribution in [0.2, 0.25) is 5.15 Å². The summed E-state index contributed by atoms with van der Waals surface area (Å²) in [6, 6.07) is 7.45. The molecule has 1 aromatic heterocycles. The fourth-order valence-electron chi connectivity index (χ4n) is 1.69. The molecule has 0 aliphatic carbocycles. The fraction of sp³-hybridized carbons (Fsp3) is 0.286. The number of aryl methyl sites for hydroxylation is 2. The Morgan fingerprint density at radius 1 is 1.11 bits per heavy atom. The molecule has 5 heteroatoms. The highest BCUT2D eigenvalue weighted by atomic mass is 35.5. The van der Waals surface area contributed by atoms with Gasteiger partial charge in [-0.1, -0.05) is 17.7 Å². The van der Waals surface area contributed by atoms with Gasteiger partial charge in [-0.3, -0.25) is 0 Å². The minimum Gasteiger partial charge on any atom is -0.493 e. The average molecular weight is 279 g/mol. The molecule has 0 aliphatic rings. The van der Waals surface area contributed by atoms with E-state index in [-0.39, 0.29) is 6.61 Å². The highest BCUT2D eigenvalue weighted by Gasteiger charge is 2.07. The third-order valence-corrected chi connectivity index (χ3v) is 2.74. The van der Waals surface area contributed by atoms with Gasteiger partial charge < -0.3 is 9.47 Å². The first-order valence-electron chi connectivity index (χ1n) is 5.86. The molecule has 2 rings (SSSR count). The second-order valence-corrected chi connectivity index (χ2v) is 4.58. The highest BCUT2D eigenvalue weighted by molar-refractivity contribution is 6.29. The van der Waals surface area contributed by atoms with Gasteiger partial charge in [-0.2, -0.15) is 0 Å². The molecule has 0 saturated carbocycles. The lowest BCUT2D eigenvalue weighted by Gasteiger charge is -2.11. The van der Waals surface area contributed by atoms with Gasteiger partial charge in [-0.05, 0) is 37.6 Å². The summed E-state index contributed by atoms with van der Waals surface area (Å²) < 4.78 is 10.9. The summed E-state index contributed by atoms with van der Waals surface area (Å²) in [6.07, 6.45) is 0. The van der Waals surface area contributed by atoms with Crippen molar-refractivity contribution in [3.63, 3.8) is 0 Å². The minimum absolute atomic E-state index is 0.251. The average Bonchev–Trinajstić information content (AvgIpc) is 2.36. The van der Waals surface area contributed by atoms with E-state index in [4.69, 9.17) is 21.1 Å². The van der Waals surface area contributed by atoms with Gasteiger partial charge in [0.15, 0.2) is 17.3 Å². The highest BCUT2D eigenvalue weighted by Crippen LogP contribution is 2.28. The van der Waals surface area contributed by atoms with Gasteiger partial charge in [-0.25, -0.2) is 9.97 Å². The summed E-state index contributed by atoms with van der Waals surface area (Å²) in [5.41, 5.74) is 1.92. The Hall–Kier alpha value is -1.81.